The summed E-state index contributed by atoms with van der Waals surface area (Å²) in [5, 5.41) is 4.49. The SMILES string of the molecule is O=C1CC=Cc2cc3c(cc21)=Cc1ccccc1SC=3. The molecule has 0 radical (unpaired) electrons. The summed E-state index contributed by atoms with van der Waals surface area (Å²) in [5.74, 6) is 0.212. The van der Waals surface area contributed by atoms with Gasteiger partial charge in [-0.25, -0.2) is 0 Å². The lowest BCUT2D eigenvalue weighted by Gasteiger charge is -2.09. The molecule has 0 saturated heterocycles. The number of allylic oxidation sites excluding steroid dienone is 1. The molecule has 0 N–H and O–H groups in total. The van der Waals surface area contributed by atoms with Crippen molar-refractivity contribution in [2.75, 3.05) is 0 Å². The number of carbonyl (C=O) groups excluding carboxylic acids is 1. The van der Waals surface area contributed by atoms with Gasteiger partial charge in [0.15, 0.2) is 5.78 Å². The normalized spacial score (nSPS) is 15.3. The molecule has 0 bridgehead atoms. The maximum atomic E-state index is 12.0. The van der Waals surface area contributed by atoms with Gasteiger partial charge in [0.05, 0.1) is 0 Å². The van der Waals surface area contributed by atoms with Crippen LogP contribution in [0.3, 0.4) is 0 Å². The number of thioether (sulfide) groups is 1. The van der Waals surface area contributed by atoms with E-state index in [9.17, 15) is 4.79 Å². The zero-order valence-electron chi connectivity index (χ0n) is 10.8. The first-order valence-electron chi connectivity index (χ1n) is 6.63. The summed E-state index contributed by atoms with van der Waals surface area (Å²) in [5.41, 5.74) is 3.10. The molecule has 2 aromatic rings. The zero-order chi connectivity index (χ0) is 13.5. The molecule has 20 heavy (non-hydrogen) atoms. The van der Waals surface area contributed by atoms with Crippen molar-refractivity contribution in [2.45, 2.75) is 11.3 Å². The van der Waals surface area contributed by atoms with Gasteiger partial charge in [0.1, 0.15) is 0 Å². The van der Waals surface area contributed by atoms with Crippen molar-refractivity contribution < 1.29 is 4.79 Å². The molecule has 2 aliphatic rings. The van der Waals surface area contributed by atoms with Gasteiger partial charge in [0.25, 0.3) is 0 Å². The molecule has 0 spiro atoms. The lowest BCUT2D eigenvalue weighted by Crippen LogP contribution is -2.27. The van der Waals surface area contributed by atoms with Crippen molar-refractivity contribution in [1.29, 1.82) is 0 Å². The third kappa shape index (κ3) is 1.84. The van der Waals surface area contributed by atoms with Gasteiger partial charge in [-0.2, -0.15) is 0 Å². The van der Waals surface area contributed by atoms with Gasteiger partial charge < -0.3 is 0 Å². The molecule has 1 aliphatic carbocycles. The lowest BCUT2D eigenvalue weighted by molar-refractivity contribution is 0.0994. The third-order valence-corrected chi connectivity index (χ3v) is 4.70. The quantitative estimate of drug-likeness (QED) is 0.736. The second-order valence-corrected chi connectivity index (χ2v) is 5.93. The Morgan fingerprint density at radius 3 is 2.85 bits per heavy atom. The van der Waals surface area contributed by atoms with Crippen molar-refractivity contribution in [1.82, 2.24) is 0 Å². The van der Waals surface area contributed by atoms with Crippen LogP contribution in [0.5, 0.6) is 0 Å². The van der Waals surface area contributed by atoms with E-state index in [1.165, 1.54) is 15.7 Å². The van der Waals surface area contributed by atoms with E-state index in [2.05, 4.69) is 35.7 Å². The molecule has 1 heterocycles. The first kappa shape index (κ1) is 11.7. The van der Waals surface area contributed by atoms with Gasteiger partial charge in [0, 0.05) is 16.9 Å². The Bertz CT molecular complexity index is 875. The number of hydrogen-bond acceptors (Lipinski definition) is 2. The fourth-order valence-corrected chi connectivity index (χ4v) is 3.54. The molecule has 1 aliphatic heterocycles. The number of benzene rings is 2. The van der Waals surface area contributed by atoms with Crippen LogP contribution in [0.2, 0.25) is 0 Å². The van der Waals surface area contributed by atoms with Gasteiger partial charge in [-0.1, -0.05) is 42.1 Å². The fourth-order valence-electron chi connectivity index (χ4n) is 2.66. The number of hydrogen-bond donors (Lipinski definition) is 0. The average Bonchev–Trinajstić information content (AvgIpc) is 2.65. The van der Waals surface area contributed by atoms with Crippen LogP contribution in [0.1, 0.15) is 27.9 Å². The van der Waals surface area contributed by atoms with Crippen molar-refractivity contribution in [3.8, 4) is 0 Å². The maximum Gasteiger partial charge on any atom is 0.167 e. The highest BCUT2D eigenvalue weighted by Gasteiger charge is 2.13. The summed E-state index contributed by atoms with van der Waals surface area (Å²) in [4.78, 5) is 13.3. The molecule has 0 unspecified atom stereocenters. The minimum atomic E-state index is 0.212. The van der Waals surface area contributed by atoms with Crippen molar-refractivity contribution in [3.05, 3.63) is 69.6 Å². The Kier molecular flexibility index (Phi) is 2.64. The smallest absolute Gasteiger partial charge is 0.167 e. The highest BCUT2D eigenvalue weighted by Crippen LogP contribution is 2.25. The van der Waals surface area contributed by atoms with Crippen LogP contribution in [-0.2, 0) is 0 Å². The van der Waals surface area contributed by atoms with Crippen LogP contribution in [0.4, 0.5) is 0 Å². The highest BCUT2D eigenvalue weighted by atomic mass is 32.2. The molecular formula is C18H12OS. The largest absolute Gasteiger partial charge is 0.294 e. The Hall–Kier alpha value is -2.06. The Balaban J connectivity index is 2.04. The molecule has 0 fully saturated rings. The Morgan fingerprint density at radius 2 is 1.90 bits per heavy atom. The van der Waals surface area contributed by atoms with Crippen LogP contribution < -0.4 is 10.4 Å². The minimum Gasteiger partial charge on any atom is -0.294 e. The van der Waals surface area contributed by atoms with E-state index in [-0.39, 0.29) is 5.78 Å². The van der Waals surface area contributed by atoms with Crippen molar-refractivity contribution in [3.63, 3.8) is 0 Å². The monoisotopic (exact) mass is 276 g/mol. The van der Waals surface area contributed by atoms with Crippen LogP contribution in [0, 0.1) is 0 Å². The third-order valence-electron chi connectivity index (χ3n) is 3.70. The second kappa shape index (κ2) is 4.50. The number of rotatable bonds is 0. The Morgan fingerprint density at radius 1 is 1.00 bits per heavy atom. The predicted octanol–water partition coefficient (Wildman–Crippen LogP) is 2.96. The predicted molar refractivity (Wildman–Crippen MR) is 84.0 cm³/mol. The van der Waals surface area contributed by atoms with Gasteiger partial charge in [-0.3, -0.25) is 4.79 Å². The lowest BCUT2D eigenvalue weighted by atomic mass is 9.94. The van der Waals surface area contributed by atoms with E-state index in [4.69, 9.17) is 0 Å². The van der Waals surface area contributed by atoms with Gasteiger partial charge >= 0.3 is 0 Å². The molecular weight excluding hydrogens is 264 g/mol. The second-order valence-electron chi connectivity index (χ2n) is 5.02. The van der Waals surface area contributed by atoms with Gasteiger partial charge in [-0.05, 0) is 51.2 Å². The van der Waals surface area contributed by atoms with Crippen LogP contribution in [0.25, 0.3) is 17.6 Å². The molecule has 96 valence electrons. The molecule has 0 amide bonds. The summed E-state index contributed by atoms with van der Waals surface area (Å²) >= 11 is 1.74. The van der Waals surface area contributed by atoms with Crippen LogP contribution in [-0.4, -0.2) is 5.78 Å². The first-order valence-corrected chi connectivity index (χ1v) is 7.51. The molecule has 0 saturated carbocycles. The van der Waals surface area contributed by atoms with E-state index >= 15 is 0 Å². The minimum absolute atomic E-state index is 0.212. The summed E-state index contributed by atoms with van der Waals surface area (Å²) in [6, 6.07) is 12.5. The topological polar surface area (TPSA) is 17.1 Å². The maximum absolute atomic E-state index is 12.0. The van der Waals surface area contributed by atoms with E-state index in [1.54, 1.807) is 11.8 Å². The van der Waals surface area contributed by atoms with Crippen LogP contribution in [0.15, 0.2) is 47.4 Å². The molecule has 0 atom stereocenters. The number of Topliss-reactive ketones (excluding diaryl/α,β-unsaturated/α-hetero) is 1. The molecule has 4 rings (SSSR count). The fraction of sp³-hybridized carbons (Fsp3) is 0.0556. The average molecular weight is 276 g/mol. The standard InChI is InChI=1S/C18H12OS/c19-17-6-3-5-12-8-15-11-20-18-7-2-1-4-13(18)9-14(15)10-16(12)17/h1-5,7-11H,6H2. The number of ketones is 1. The molecule has 2 heteroatoms. The summed E-state index contributed by atoms with van der Waals surface area (Å²) in [6.45, 7) is 0. The van der Waals surface area contributed by atoms with E-state index < -0.39 is 0 Å². The van der Waals surface area contributed by atoms with Gasteiger partial charge in [-0.15, -0.1) is 0 Å². The Labute approximate surface area is 121 Å². The first-order chi connectivity index (χ1) is 9.81. The molecule has 0 aromatic heterocycles. The zero-order valence-corrected chi connectivity index (χ0v) is 11.6. The summed E-state index contributed by atoms with van der Waals surface area (Å²) in [7, 11) is 0. The van der Waals surface area contributed by atoms with Crippen molar-refractivity contribution in [2.24, 2.45) is 0 Å². The van der Waals surface area contributed by atoms with Gasteiger partial charge in [0.2, 0.25) is 0 Å². The summed E-state index contributed by atoms with van der Waals surface area (Å²) < 4.78 is 0. The van der Waals surface area contributed by atoms with E-state index in [0.29, 0.717) is 6.42 Å². The summed E-state index contributed by atoms with van der Waals surface area (Å²) in [6.07, 6.45) is 6.68. The van der Waals surface area contributed by atoms with E-state index in [1.807, 2.05) is 24.3 Å². The number of carbonyl (C=O) groups is 1. The number of fused-ring (bicyclic) bond motifs is 3. The molecule has 2 aromatic carbocycles. The van der Waals surface area contributed by atoms with Crippen molar-refractivity contribution >= 4 is 35.1 Å². The molecule has 1 nitrogen and oxygen atoms in total. The highest BCUT2D eigenvalue weighted by molar-refractivity contribution is 8.06. The van der Waals surface area contributed by atoms with Crippen LogP contribution >= 0.6 is 11.8 Å². The van der Waals surface area contributed by atoms with E-state index in [0.717, 1.165) is 16.3 Å².